The van der Waals surface area contributed by atoms with Gasteiger partial charge >= 0.3 is 0 Å². The van der Waals surface area contributed by atoms with Crippen molar-refractivity contribution in [2.75, 3.05) is 31.2 Å². The number of carbonyl (C=O) groups is 2. The first-order chi connectivity index (χ1) is 15.6. The van der Waals surface area contributed by atoms with Crippen LogP contribution in [0.3, 0.4) is 0 Å². The highest BCUT2D eigenvalue weighted by molar-refractivity contribution is 5.95. The summed E-state index contributed by atoms with van der Waals surface area (Å²) in [5, 5.41) is 0. The third kappa shape index (κ3) is 4.79. The molecule has 2 amide bonds. The summed E-state index contributed by atoms with van der Waals surface area (Å²) in [6.45, 7) is 7.07. The van der Waals surface area contributed by atoms with E-state index in [2.05, 4.69) is 0 Å². The van der Waals surface area contributed by atoms with E-state index in [0.29, 0.717) is 32.7 Å². The summed E-state index contributed by atoms with van der Waals surface area (Å²) in [6, 6.07) is 11.8. The predicted molar refractivity (Wildman–Crippen MR) is 125 cm³/mol. The van der Waals surface area contributed by atoms with Gasteiger partial charge in [0.1, 0.15) is 0 Å². The van der Waals surface area contributed by atoms with Crippen molar-refractivity contribution in [2.24, 2.45) is 0 Å². The zero-order valence-electron chi connectivity index (χ0n) is 18.8. The topological polar surface area (TPSA) is 59.1 Å². The number of amides is 2. The number of carbonyl (C=O) groups excluding carboxylic acids is 2. The summed E-state index contributed by atoms with van der Waals surface area (Å²) < 4.78 is 11.5. The fraction of sp³-hybridized carbons (Fsp3) is 0.385. The van der Waals surface area contributed by atoms with E-state index in [0.717, 1.165) is 47.7 Å². The van der Waals surface area contributed by atoms with Crippen LogP contribution in [0.5, 0.6) is 11.5 Å². The van der Waals surface area contributed by atoms with Gasteiger partial charge in [0.05, 0.1) is 13.2 Å². The Balaban J connectivity index is 1.42. The summed E-state index contributed by atoms with van der Waals surface area (Å²) in [4.78, 5) is 28.4. The molecule has 0 saturated carbocycles. The van der Waals surface area contributed by atoms with Gasteiger partial charge in [-0.2, -0.15) is 0 Å². The molecule has 0 N–H and O–H groups in total. The molecule has 0 unspecified atom stereocenters. The summed E-state index contributed by atoms with van der Waals surface area (Å²) in [5.74, 6) is 1.66. The first kappa shape index (κ1) is 21.9. The Kier molecular flexibility index (Phi) is 6.78. The lowest BCUT2D eigenvalue weighted by atomic mass is 9.98. The van der Waals surface area contributed by atoms with Crippen LogP contribution >= 0.6 is 0 Å². The average molecular weight is 435 g/mol. The SMILES string of the molecule is CCOc1cc2c(cc1OCC)CN(C(=O)/C=C/c1ccc(N3CCCC3=O)cc1)CC2. The van der Waals surface area contributed by atoms with Crippen molar-refractivity contribution in [1.82, 2.24) is 4.90 Å². The van der Waals surface area contributed by atoms with E-state index >= 15 is 0 Å². The Morgan fingerprint density at radius 3 is 2.28 bits per heavy atom. The van der Waals surface area contributed by atoms with Gasteiger partial charge in [0.15, 0.2) is 11.5 Å². The first-order valence-electron chi connectivity index (χ1n) is 11.4. The van der Waals surface area contributed by atoms with E-state index in [1.165, 1.54) is 5.56 Å². The van der Waals surface area contributed by atoms with Gasteiger partial charge in [0, 0.05) is 37.8 Å². The molecule has 0 aliphatic carbocycles. The Labute approximate surface area is 189 Å². The number of hydrogen-bond acceptors (Lipinski definition) is 4. The predicted octanol–water partition coefficient (Wildman–Crippen LogP) is 4.21. The summed E-state index contributed by atoms with van der Waals surface area (Å²) in [7, 11) is 0. The van der Waals surface area contributed by atoms with Crippen LogP contribution in [0.25, 0.3) is 6.08 Å². The molecule has 0 bridgehead atoms. The monoisotopic (exact) mass is 434 g/mol. The van der Waals surface area contributed by atoms with Crippen molar-refractivity contribution in [3.8, 4) is 11.5 Å². The standard InChI is InChI=1S/C26H30N2O4/c1-3-31-23-16-20-13-15-27(18-21(20)17-24(23)32-4-2)25(29)12-9-19-7-10-22(11-8-19)28-14-5-6-26(28)30/h7-12,16-17H,3-6,13-15,18H2,1-2H3/b12-9+. The molecule has 2 aliphatic heterocycles. The van der Waals surface area contributed by atoms with Gasteiger partial charge in [0.2, 0.25) is 11.8 Å². The first-order valence-corrected chi connectivity index (χ1v) is 11.4. The Bertz CT molecular complexity index is 1010. The number of ether oxygens (including phenoxy) is 2. The molecule has 6 nitrogen and oxygen atoms in total. The van der Waals surface area contributed by atoms with Crippen LogP contribution in [-0.4, -0.2) is 43.0 Å². The number of rotatable bonds is 7. The van der Waals surface area contributed by atoms with Crippen molar-refractivity contribution < 1.29 is 19.1 Å². The minimum absolute atomic E-state index is 0.0127. The molecule has 0 aromatic heterocycles. The maximum Gasteiger partial charge on any atom is 0.246 e. The van der Waals surface area contributed by atoms with Crippen LogP contribution in [0.4, 0.5) is 5.69 Å². The molecule has 0 atom stereocenters. The summed E-state index contributed by atoms with van der Waals surface area (Å²) in [6.07, 6.45) is 5.78. The molecule has 2 heterocycles. The van der Waals surface area contributed by atoms with E-state index in [1.807, 2.05) is 66.1 Å². The van der Waals surface area contributed by atoms with Crippen molar-refractivity contribution in [2.45, 2.75) is 39.7 Å². The Hall–Kier alpha value is -3.28. The third-order valence-electron chi connectivity index (χ3n) is 5.89. The molecule has 168 valence electrons. The zero-order chi connectivity index (χ0) is 22.5. The second-order valence-corrected chi connectivity index (χ2v) is 8.02. The van der Waals surface area contributed by atoms with Crippen molar-refractivity contribution >= 4 is 23.6 Å². The molecule has 1 saturated heterocycles. The highest BCUT2D eigenvalue weighted by Crippen LogP contribution is 2.34. The second-order valence-electron chi connectivity index (χ2n) is 8.02. The molecular weight excluding hydrogens is 404 g/mol. The van der Waals surface area contributed by atoms with Gasteiger partial charge < -0.3 is 19.3 Å². The van der Waals surface area contributed by atoms with E-state index in [4.69, 9.17) is 9.47 Å². The van der Waals surface area contributed by atoms with Crippen LogP contribution in [0.15, 0.2) is 42.5 Å². The fourth-order valence-electron chi connectivity index (χ4n) is 4.25. The smallest absolute Gasteiger partial charge is 0.246 e. The van der Waals surface area contributed by atoms with Gasteiger partial charge in [-0.1, -0.05) is 12.1 Å². The number of benzene rings is 2. The number of hydrogen-bond donors (Lipinski definition) is 0. The maximum absolute atomic E-state index is 12.8. The minimum atomic E-state index is -0.0127. The van der Waals surface area contributed by atoms with Crippen LogP contribution in [-0.2, 0) is 22.6 Å². The Morgan fingerprint density at radius 1 is 0.969 bits per heavy atom. The molecular formula is C26H30N2O4. The lowest BCUT2D eigenvalue weighted by Gasteiger charge is -2.29. The van der Waals surface area contributed by atoms with Crippen LogP contribution in [0, 0.1) is 0 Å². The normalized spacial score (nSPS) is 15.9. The van der Waals surface area contributed by atoms with Crippen LogP contribution in [0.2, 0.25) is 0 Å². The molecule has 6 heteroatoms. The van der Waals surface area contributed by atoms with Gasteiger partial charge in [-0.15, -0.1) is 0 Å². The second kappa shape index (κ2) is 9.90. The molecule has 2 aliphatic rings. The highest BCUT2D eigenvalue weighted by Gasteiger charge is 2.23. The molecule has 0 radical (unpaired) electrons. The molecule has 0 spiro atoms. The molecule has 2 aromatic carbocycles. The lowest BCUT2D eigenvalue weighted by molar-refractivity contribution is -0.126. The van der Waals surface area contributed by atoms with E-state index < -0.39 is 0 Å². The van der Waals surface area contributed by atoms with Gasteiger partial charge in [-0.05, 0) is 73.7 Å². The quantitative estimate of drug-likeness (QED) is 0.613. The lowest BCUT2D eigenvalue weighted by Crippen LogP contribution is -2.34. The van der Waals surface area contributed by atoms with E-state index in [9.17, 15) is 9.59 Å². The fourth-order valence-corrected chi connectivity index (χ4v) is 4.25. The minimum Gasteiger partial charge on any atom is -0.490 e. The van der Waals surface area contributed by atoms with E-state index in [1.54, 1.807) is 6.08 Å². The number of nitrogens with zero attached hydrogens (tertiary/aromatic N) is 2. The molecule has 2 aromatic rings. The third-order valence-corrected chi connectivity index (χ3v) is 5.89. The van der Waals surface area contributed by atoms with Gasteiger partial charge in [-0.25, -0.2) is 0 Å². The van der Waals surface area contributed by atoms with Crippen molar-refractivity contribution in [1.29, 1.82) is 0 Å². The molecule has 32 heavy (non-hydrogen) atoms. The Morgan fingerprint density at radius 2 is 1.66 bits per heavy atom. The van der Waals surface area contributed by atoms with Gasteiger partial charge in [-0.3, -0.25) is 9.59 Å². The number of anilines is 1. The van der Waals surface area contributed by atoms with Crippen LogP contribution < -0.4 is 14.4 Å². The molecule has 1 fully saturated rings. The highest BCUT2D eigenvalue weighted by atomic mass is 16.5. The average Bonchev–Trinajstić information content (AvgIpc) is 3.24. The van der Waals surface area contributed by atoms with Crippen molar-refractivity contribution in [3.05, 3.63) is 59.2 Å². The number of fused-ring (bicyclic) bond motifs is 1. The van der Waals surface area contributed by atoms with E-state index in [-0.39, 0.29) is 11.8 Å². The van der Waals surface area contributed by atoms with Crippen molar-refractivity contribution in [3.63, 3.8) is 0 Å². The maximum atomic E-state index is 12.8. The summed E-state index contributed by atoms with van der Waals surface area (Å²) >= 11 is 0. The van der Waals surface area contributed by atoms with Gasteiger partial charge in [0.25, 0.3) is 0 Å². The largest absolute Gasteiger partial charge is 0.490 e. The molecule has 4 rings (SSSR count). The van der Waals surface area contributed by atoms with Crippen LogP contribution in [0.1, 0.15) is 43.4 Å². The summed E-state index contributed by atoms with van der Waals surface area (Å²) in [5.41, 5.74) is 4.16. The zero-order valence-corrected chi connectivity index (χ0v) is 18.8.